The lowest BCUT2D eigenvalue weighted by atomic mass is 10.0. The average Bonchev–Trinajstić information content (AvgIpc) is 1.97. The number of hydrogen-bond acceptors (Lipinski definition) is 1. The zero-order chi connectivity index (χ0) is 9.56. The van der Waals surface area contributed by atoms with Crippen LogP contribution >= 0.6 is 0 Å². The van der Waals surface area contributed by atoms with E-state index in [9.17, 15) is 4.79 Å². The van der Waals surface area contributed by atoms with Crippen molar-refractivity contribution in [3.63, 3.8) is 0 Å². The Kier molecular flexibility index (Phi) is 5.43. The minimum Gasteiger partial charge on any atom is -0.481 e. The van der Waals surface area contributed by atoms with Gasteiger partial charge in [-0.25, -0.2) is 0 Å². The SMILES string of the molecule is CC(C)=CCCCC(C)C(=O)O. The van der Waals surface area contributed by atoms with Gasteiger partial charge < -0.3 is 5.11 Å². The minimum atomic E-state index is -0.688. The zero-order valence-electron chi connectivity index (χ0n) is 8.13. The number of rotatable bonds is 5. The van der Waals surface area contributed by atoms with E-state index in [0.29, 0.717) is 0 Å². The van der Waals surface area contributed by atoms with Crippen LogP contribution < -0.4 is 0 Å². The molecule has 0 aliphatic heterocycles. The quantitative estimate of drug-likeness (QED) is 0.509. The van der Waals surface area contributed by atoms with Crippen molar-refractivity contribution >= 4 is 5.97 Å². The second kappa shape index (κ2) is 5.81. The molecule has 0 aromatic carbocycles. The van der Waals surface area contributed by atoms with Crippen molar-refractivity contribution in [2.75, 3.05) is 0 Å². The van der Waals surface area contributed by atoms with Gasteiger partial charge in [0.05, 0.1) is 5.92 Å². The first-order valence-electron chi connectivity index (χ1n) is 4.40. The fraction of sp³-hybridized carbons (Fsp3) is 0.700. The van der Waals surface area contributed by atoms with E-state index >= 15 is 0 Å². The van der Waals surface area contributed by atoms with Crippen LogP contribution in [0.3, 0.4) is 0 Å². The van der Waals surface area contributed by atoms with Gasteiger partial charge in [-0.1, -0.05) is 18.6 Å². The summed E-state index contributed by atoms with van der Waals surface area (Å²) in [6, 6.07) is 0. The molecule has 0 saturated carbocycles. The van der Waals surface area contributed by atoms with Crippen LogP contribution in [0.4, 0.5) is 0 Å². The summed E-state index contributed by atoms with van der Waals surface area (Å²) in [6.45, 7) is 5.87. The normalized spacial score (nSPS) is 12.2. The van der Waals surface area contributed by atoms with E-state index in [1.54, 1.807) is 6.92 Å². The van der Waals surface area contributed by atoms with Gasteiger partial charge in [-0.3, -0.25) is 4.79 Å². The van der Waals surface area contributed by atoms with Gasteiger partial charge in [0.1, 0.15) is 0 Å². The zero-order valence-corrected chi connectivity index (χ0v) is 8.13. The molecule has 0 aromatic heterocycles. The molecule has 0 fully saturated rings. The van der Waals surface area contributed by atoms with Crippen LogP contribution in [0, 0.1) is 5.92 Å². The lowest BCUT2D eigenvalue weighted by molar-refractivity contribution is -0.141. The fourth-order valence-electron chi connectivity index (χ4n) is 0.938. The molecule has 1 atom stereocenters. The summed E-state index contributed by atoms with van der Waals surface area (Å²) in [5.41, 5.74) is 1.30. The van der Waals surface area contributed by atoms with E-state index in [0.717, 1.165) is 19.3 Å². The second-order valence-corrected chi connectivity index (χ2v) is 3.45. The summed E-state index contributed by atoms with van der Waals surface area (Å²) in [4.78, 5) is 10.4. The maximum absolute atomic E-state index is 10.4. The Balaban J connectivity index is 3.44. The maximum atomic E-state index is 10.4. The summed E-state index contributed by atoms with van der Waals surface area (Å²) in [6.07, 6.45) is 4.90. The highest BCUT2D eigenvalue weighted by Gasteiger charge is 2.08. The Morgan fingerprint density at radius 3 is 2.50 bits per heavy atom. The van der Waals surface area contributed by atoms with Gasteiger partial charge in [0, 0.05) is 0 Å². The van der Waals surface area contributed by atoms with Crippen molar-refractivity contribution in [2.45, 2.75) is 40.0 Å². The summed E-state index contributed by atoms with van der Waals surface area (Å²) >= 11 is 0. The second-order valence-electron chi connectivity index (χ2n) is 3.45. The summed E-state index contributed by atoms with van der Waals surface area (Å²) in [5.74, 6) is -0.886. The van der Waals surface area contributed by atoms with Crippen molar-refractivity contribution in [1.82, 2.24) is 0 Å². The van der Waals surface area contributed by atoms with Crippen molar-refractivity contribution in [2.24, 2.45) is 5.92 Å². The Hall–Kier alpha value is -0.790. The molecule has 0 rings (SSSR count). The molecule has 1 N–H and O–H groups in total. The Morgan fingerprint density at radius 2 is 2.08 bits per heavy atom. The first-order chi connectivity index (χ1) is 5.54. The van der Waals surface area contributed by atoms with Crippen molar-refractivity contribution < 1.29 is 9.90 Å². The van der Waals surface area contributed by atoms with E-state index in [4.69, 9.17) is 5.11 Å². The van der Waals surface area contributed by atoms with E-state index in [-0.39, 0.29) is 5.92 Å². The molecule has 0 saturated heterocycles. The summed E-state index contributed by atoms with van der Waals surface area (Å²) < 4.78 is 0. The third kappa shape index (κ3) is 5.96. The molecule has 0 spiro atoms. The van der Waals surface area contributed by atoms with Crippen LogP contribution in [0.5, 0.6) is 0 Å². The molecule has 2 nitrogen and oxygen atoms in total. The van der Waals surface area contributed by atoms with E-state index in [1.807, 2.05) is 0 Å². The monoisotopic (exact) mass is 170 g/mol. The summed E-state index contributed by atoms with van der Waals surface area (Å²) in [7, 11) is 0. The van der Waals surface area contributed by atoms with Gasteiger partial charge in [-0.15, -0.1) is 0 Å². The Labute approximate surface area is 74.3 Å². The molecular formula is C10H18O2. The van der Waals surface area contributed by atoms with Gasteiger partial charge in [0.25, 0.3) is 0 Å². The third-order valence-electron chi connectivity index (χ3n) is 1.82. The van der Waals surface area contributed by atoms with Crippen molar-refractivity contribution in [1.29, 1.82) is 0 Å². The van der Waals surface area contributed by atoms with Crippen LogP contribution in [0.25, 0.3) is 0 Å². The van der Waals surface area contributed by atoms with Gasteiger partial charge in [-0.2, -0.15) is 0 Å². The third-order valence-corrected chi connectivity index (χ3v) is 1.82. The highest BCUT2D eigenvalue weighted by Crippen LogP contribution is 2.08. The number of unbranched alkanes of at least 4 members (excludes halogenated alkanes) is 1. The van der Waals surface area contributed by atoms with Crippen LogP contribution in [-0.4, -0.2) is 11.1 Å². The lowest BCUT2D eigenvalue weighted by Crippen LogP contribution is -2.08. The van der Waals surface area contributed by atoms with Crippen molar-refractivity contribution in [3.05, 3.63) is 11.6 Å². The maximum Gasteiger partial charge on any atom is 0.306 e. The molecular weight excluding hydrogens is 152 g/mol. The highest BCUT2D eigenvalue weighted by atomic mass is 16.4. The highest BCUT2D eigenvalue weighted by molar-refractivity contribution is 5.69. The molecule has 12 heavy (non-hydrogen) atoms. The summed E-state index contributed by atoms with van der Waals surface area (Å²) in [5, 5.41) is 8.58. The largest absolute Gasteiger partial charge is 0.481 e. The minimum absolute atomic E-state index is 0.199. The van der Waals surface area contributed by atoms with Crippen molar-refractivity contribution in [3.8, 4) is 0 Å². The number of carboxylic acids is 1. The van der Waals surface area contributed by atoms with Gasteiger partial charge in [0.15, 0.2) is 0 Å². The molecule has 70 valence electrons. The van der Waals surface area contributed by atoms with Crippen LogP contribution in [0.15, 0.2) is 11.6 Å². The first kappa shape index (κ1) is 11.2. The Bertz CT molecular complexity index is 167. The molecule has 0 aliphatic carbocycles. The molecule has 0 aromatic rings. The van der Waals surface area contributed by atoms with Crippen LogP contribution in [0.1, 0.15) is 40.0 Å². The lowest BCUT2D eigenvalue weighted by Gasteiger charge is -2.03. The number of allylic oxidation sites excluding steroid dienone is 2. The molecule has 0 radical (unpaired) electrons. The number of aliphatic carboxylic acids is 1. The van der Waals surface area contributed by atoms with E-state index in [1.165, 1.54) is 5.57 Å². The molecule has 0 bridgehead atoms. The molecule has 0 aliphatic rings. The van der Waals surface area contributed by atoms with Crippen LogP contribution in [-0.2, 0) is 4.79 Å². The molecule has 1 unspecified atom stereocenters. The average molecular weight is 170 g/mol. The predicted molar refractivity (Wildman–Crippen MR) is 50.1 cm³/mol. The van der Waals surface area contributed by atoms with Gasteiger partial charge >= 0.3 is 5.97 Å². The molecule has 2 heteroatoms. The first-order valence-corrected chi connectivity index (χ1v) is 4.40. The van der Waals surface area contributed by atoms with E-state index < -0.39 is 5.97 Å². The number of hydrogen-bond donors (Lipinski definition) is 1. The smallest absolute Gasteiger partial charge is 0.306 e. The van der Waals surface area contributed by atoms with E-state index in [2.05, 4.69) is 19.9 Å². The number of carbonyl (C=O) groups is 1. The van der Waals surface area contributed by atoms with Crippen LogP contribution in [0.2, 0.25) is 0 Å². The molecule has 0 heterocycles. The standard InChI is InChI=1S/C10H18O2/c1-8(2)6-4-5-7-9(3)10(11)12/h6,9H,4-5,7H2,1-3H3,(H,11,12). The van der Waals surface area contributed by atoms with Gasteiger partial charge in [-0.05, 0) is 33.1 Å². The Morgan fingerprint density at radius 1 is 1.50 bits per heavy atom. The topological polar surface area (TPSA) is 37.3 Å². The number of carboxylic acid groups (broad SMARTS) is 1. The molecule has 0 amide bonds. The fourth-order valence-corrected chi connectivity index (χ4v) is 0.938. The van der Waals surface area contributed by atoms with Gasteiger partial charge in [0.2, 0.25) is 0 Å². The predicted octanol–water partition coefficient (Wildman–Crippen LogP) is 2.84.